The molecule has 3 unspecified atom stereocenters. The van der Waals surface area contributed by atoms with Crippen molar-refractivity contribution in [2.75, 3.05) is 51.7 Å². The monoisotopic (exact) mass is 776 g/mol. The molecule has 0 amide bonds. The van der Waals surface area contributed by atoms with Crippen LogP contribution in [-0.2, 0) is 12.0 Å². The lowest BCUT2D eigenvalue weighted by Crippen LogP contribution is -2.49. The lowest BCUT2D eigenvalue weighted by atomic mass is 9.80. The minimum Gasteiger partial charge on any atom is -0.380 e. The van der Waals surface area contributed by atoms with Crippen molar-refractivity contribution in [1.29, 1.82) is 0 Å². The molecular weight excluding hydrogens is 728 g/mol. The van der Waals surface area contributed by atoms with Crippen molar-refractivity contribution in [2.45, 2.75) is 30.9 Å². The number of aliphatic hydroxyl groups is 1. The molecule has 6 heteroatoms. The van der Waals surface area contributed by atoms with Gasteiger partial charge in [0.1, 0.15) is 11.4 Å². The minimum absolute atomic E-state index is 0.319. The molecule has 3 atom stereocenters. The smallest absolute Gasteiger partial charge is 0.132 e. The third kappa shape index (κ3) is 7.54. The van der Waals surface area contributed by atoms with E-state index in [0.29, 0.717) is 24.9 Å². The fraction of sp³-hybridized carbons (Fsp3) is 0.271. The summed E-state index contributed by atoms with van der Waals surface area (Å²) in [6.07, 6.45) is 11.4. The maximum absolute atomic E-state index is 13.2. The van der Waals surface area contributed by atoms with Crippen molar-refractivity contribution in [3.63, 3.8) is 0 Å². The van der Waals surface area contributed by atoms with Gasteiger partial charge in [-0.2, -0.15) is 0 Å². The van der Waals surface area contributed by atoms with Gasteiger partial charge in [-0.25, -0.2) is 4.98 Å². The highest BCUT2D eigenvalue weighted by molar-refractivity contribution is 9.10. The molecule has 5 aromatic carbocycles. The van der Waals surface area contributed by atoms with Crippen LogP contribution in [0.3, 0.4) is 0 Å². The summed E-state index contributed by atoms with van der Waals surface area (Å²) < 4.78 is 0.931. The highest BCUT2D eigenvalue weighted by Crippen LogP contribution is 2.43. The van der Waals surface area contributed by atoms with E-state index in [1.165, 1.54) is 16.7 Å². The van der Waals surface area contributed by atoms with Gasteiger partial charge in [-0.1, -0.05) is 143 Å². The summed E-state index contributed by atoms with van der Waals surface area (Å²) in [5.74, 6) is 1.45. The first-order chi connectivity index (χ1) is 26.4. The number of fused-ring (bicyclic) bond motifs is 2. The van der Waals surface area contributed by atoms with Crippen LogP contribution in [0.4, 0.5) is 5.82 Å². The number of benzene rings is 5. The average molecular weight is 778 g/mol. The standard InChI is InChI=1S/C48H49BrN4O/c1-51(2)26-25-48(54,43-24-14-22-36-17-12-13-23-42(36)43)44-34-41(49)33-39-32-40(31-35-15-6-3-7-16-35)47(50-45(39)44)53-29-27-52(28-30-53)46(37-18-8-4-9-19-37)38-20-10-5-11-21-38/h3-20,22-24,32-34,38,46,54H,21,25-31H2,1-2H3. The van der Waals surface area contributed by atoms with Crippen LogP contribution in [0.25, 0.3) is 21.7 Å². The minimum atomic E-state index is -1.29. The van der Waals surface area contributed by atoms with Crippen LogP contribution in [0.5, 0.6) is 0 Å². The van der Waals surface area contributed by atoms with Crippen LogP contribution in [0, 0.1) is 5.92 Å². The summed E-state index contributed by atoms with van der Waals surface area (Å²) in [5.41, 5.74) is 5.14. The van der Waals surface area contributed by atoms with E-state index in [1.54, 1.807) is 0 Å². The van der Waals surface area contributed by atoms with Crippen LogP contribution < -0.4 is 4.90 Å². The Balaban J connectivity index is 1.23. The first kappa shape index (κ1) is 36.4. The van der Waals surface area contributed by atoms with Gasteiger partial charge in [0.15, 0.2) is 0 Å². The summed E-state index contributed by atoms with van der Waals surface area (Å²) >= 11 is 3.86. The molecule has 0 radical (unpaired) electrons. The predicted octanol–water partition coefficient (Wildman–Crippen LogP) is 9.92. The molecule has 2 heterocycles. The van der Waals surface area contributed by atoms with E-state index in [0.717, 1.165) is 82.1 Å². The highest BCUT2D eigenvalue weighted by Gasteiger charge is 2.37. The van der Waals surface area contributed by atoms with Gasteiger partial charge in [-0.3, -0.25) is 4.90 Å². The fourth-order valence-electron chi connectivity index (χ4n) is 8.63. The normalized spacial score (nSPS) is 18.0. The van der Waals surface area contributed by atoms with Gasteiger partial charge in [0.2, 0.25) is 0 Å². The van der Waals surface area contributed by atoms with Crippen molar-refractivity contribution in [3.8, 4) is 0 Å². The van der Waals surface area contributed by atoms with Crippen molar-refractivity contribution in [2.24, 2.45) is 5.92 Å². The van der Waals surface area contributed by atoms with E-state index >= 15 is 0 Å². The number of piperazine rings is 1. The molecule has 1 N–H and O–H groups in total. The number of halogens is 1. The Morgan fingerprint density at radius 3 is 2.26 bits per heavy atom. The van der Waals surface area contributed by atoms with Crippen molar-refractivity contribution in [3.05, 3.63) is 178 Å². The molecule has 1 aromatic heterocycles. The third-order valence-corrected chi connectivity index (χ3v) is 11.8. The lowest BCUT2D eigenvalue weighted by molar-refractivity contribution is 0.0656. The molecule has 274 valence electrons. The molecule has 54 heavy (non-hydrogen) atoms. The van der Waals surface area contributed by atoms with Crippen LogP contribution in [0.15, 0.2) is 150 Å². The zero-order chi connectivity index (χ0) is 37.1. The molecule has 0 bridgehead atoms. The predicted molar refractivity (Wildman–Crippen MR) is 228 cm³/mol. The highest BCUT2D eigenvalue weighted by atomic mass is 79.9. The van der Waals surface area contributed by atoms with E-state index in [2.05, 4.69) is 190 Å². The van der Waals surface area contributed by atoms with Gasteiger partial charge >= 0.3 is 0 Å². The Bertz CT molecular complexity index is 2270. The Kier molecular flexibility index (Phi) is 10.8. The summed E-state index contributed by atoms with van der Waals surface area (Å²) in [6.45, 7) is 4.33. The topological polar surface area (TPSA) is 42.8 Å². The molecule has 0 saturated carbocycles. The molecule has 5 nitrogen and oxygen atoms in total. The van der Waals surface area contributed by atoms with Gasteiger partial charge in [0.25, 0.3) is 0 Å². The quantitative estimate of drug-likeness (QED) is 0.142. The summed E-state index contributed by atoms with van der Waals surface area (Å²) in [7, 11) is 4.13. The number of nitrogens with zero attached hydrogens (tertiary/aromatic N) is 4. The number of pyridine rings is 1. The van der Waals surface area contributed by atoms with Gasteiger partial charge in [0, 0.05) is 66.5 Å². The molecule has 8 rings (SSSR count). The molecule has 1 aliphatic heterocycles. The Morgan fingerprint density at radius 2 is 1.52 bits per heavy atom. The summed E-state index contributed by atoms with van der Waals surface area (Å²) in [5, 5.41) is 16.4. The SMILES string of the molecule is CN(C)CCC(O)(c1cccc2ccccc12)c1cc(Br)cc2cc(Cc3ccccc3)c(N3CCN(C(c4ccccc4)C4C=CC=CC4)CC3)nc12. The van der Waals surface area contributed by atoms with Crippen LogP contribution in [-0.4, -0.2) is 66.7 Å². The Labute approximate surface area is 328 Å². The number of anilines is 1. The number of hydrogen-bond acceptors (Lipinski definition) is 5. The number of aromatic nitrogens is 1. The average Bonchev–Trinajstić information content (AvgIpc) is 3.21. The Morgan fingerprint density at radius 1 is 0.796 bits per heavy atom. The maximum Gasteiger partial charge on any atom is 0.132 e. The van der Waals surface area contributed by atoms with E-state index < -0.39 is 5.60 Å². The molecule has 1 saturated heterocycles. The zero-order valence-corrected chi connectivity index (χ0v) is 32.9. The van der Waals surface area contributed by atoms with Gasteiger partial charge in [-0.15, -0.1) is 0 Å². The van der Waals surface area contributed by atoms with Crippen LogP contribution in [0.2, 0.25) is 0 Å². The van der Waals surface area contributed by atoms with Gasteiger partial charge in [0.05, 0.1) is 5.52 Å². The molecule has 6 aromatic rings. The zero-order valence-electron chi connectivity index (χ0n) is 31.3. The molecule has 1 fully saturated rings. The fourth-order valence-corrected chi connectivity index (χ4v) is 9.11. The first-order valence-corrected chi connectivity index (χ1v) is 20.1. The number of hydrogen-bond donors (Lipinski definition) is 1. The molecular formula is C48H49BrN4O. The lowest BCUT2D eigenvalue weighted by Gasteiger charge is -2.43. The van der Waals surface area contributed by atoms with E-state index in [-0.39, 0.29) is 0 Å². The second-order valence-corrected chi connectivity index (χ2v) is 16.1. The van der Waals surface area contributed by atoms with E-state index in [1.807, 2.05) is 0 Å². The van der Waals surface area contributed by atoms with Crippen molar-refractivity contribution >= 4 is 43.4 Å². The van der Waals surface area contributed by atoms with E-state index in [9.17, 15) is 5.11 Å². The van der Waals surface area contributed by atoms with Gasteiger partial charge < -0.3 is 14.9 Å². The second kappa shape index (κ2) is 16.0. The van der Waals surface area contributed by atoms with Crippen LogP contribution >= 0.6 is 15.9 Å². The van der Waals surface area contributed by atoms with Crippen molar-refractivity contribution < 1.29 is 5.11 Å². The number of rotatable bonds is 11. The van der Waals surface area contributed by atoms with E-state index in [4.69, 9.17) is 4.98 Å². The van der Waals surface area contributed by atoms with Crippen molar-refractivity contribution in [1.82, 2.24) is 14.8 Å². The summed E-state index contributed by atoms with van der Waals surface area (Å²) in [6, 6.07) is 43.3. The molecule has 0 spiro atoms. The second-order valence-electron chi connectivity index (χ2n) is 15.2. The van der Waals surface area contributed by atoms with Gasteiger partial charge in [-0.05, 0) is 78.2 Å². The maximum atomic E-state index is 13.2. The molecule has 1 aliphatic carbocycles. The third-order valence-electron chi connectivity index (χ3n) is 11.3. The Hall–Kier alpha value is -4.59. The summed E-state index contributed by atoms with van der Waals surface area (Å²) in [4.78, 5) is 13.0. The molecule has 2 aliphatic rings. The number of allylic oxidation sites excluding steroid dienone is 3. The largest absolute Gasteiger partial charge is 0.380 e. The van der Waals surface area contributed by atoms with Crippen LogP contribution in [0.1, 0.15) is 46.7 Å². The first-order valence-electron chi connectivity index (χ1n) is 19.3.